The topological polar surface area (TPSA) is 29.0 Å². The van der Waals surface area contributed by atoms with Crippen LogP contribution in [0, 0.1) is 41.5 Å². The second kappa shape index (κ2) is 14.0. The minimum absolute atomic E-state index is 0.101. The summed E-state index contributed by atoms with van der Waals surface area (Å²) < 4.78 is 0. The minimum atomic E-state index is 0.101. The van der Waals surface area contributed by atoms with Gasteiger partial charge in [0.05, 0.1) is 0 Å². The van der Waals surface area contributed by atoms with Gasteiger partial charge in [0, 0.05) is 23.5 Å². The zero-order valence-corrected chi connectivity index (χ0v) is 29.8. The van der Waals surface area contributed by atoms with Gasteiger partial charge >= 0.3 is 0 Å². The molecule has 7 rings (SSSR count). The maximum atomic E-state index is 4.77. The summed E-state index contributed by atoms with van der Waals surface area (Å²) in [5.74, 6) is 0.910. The predicted octanol–water partition coefficient (Wildman–Crippen LogP) is 12.3. The van der Waals surface area contributed by atoms with E-state index in [4.69, 9.17) is 4.98 Å². The van der Waals surface area contributed by atoms with Gasteiger partial charge in [0.15, 0.2) is 0 Å². The third kappa shape index (κ3) is 6.60. The maximum absolute atomic E-state index is 4.77. The molecular formula is C47H43N3. The molecule has 50 heavy (non-hydrogen) atoms. The molecule has 0 atom stereocenters. The van der Waals surface area contributed by atoms with Crippen LogP contribution in [0.25, 0.3) is 22.3 Å². The van der Waals surface area contributed by atoms with Crippen molar-refractivity contribution in [3.63, 3.8) is 0 Å². The number of hydrogen-bond donors (Lipinski definition) is 0. The quantitative estimate of drug-likeness (QED) is 0.153. The highest BCUT2D eigenvalue weighted by Crippen LogP contribution is 2.43. The zero-order chi connectivity index (χ0) is 34.8. The Balaban J connectivity index is 1.41. The van der Waals surface area contributed by atoms with E-state index in [2.05, 4.69) is 179 Å². The average molecular weight is 650 g/mol. The van der Waals surface area contributed by atoms with Crippen molar-refractivity contribution in [2.75, 3.05) is 4.90 Å². The van der Waals surface area contributed by atoms with E-state index in [0.29, 0.717) is 0 Å². The van der Waals surface area contributed by atoms with E-state index in [1.54, 1.807) is 6.33 Å². The summed E-state index contributed by atoms with van der Waals surface area (Å²) in [4.78, 5) is 11.3. The van der Waals surface area contributed by atoms with Crippen molar-refractivity contribution < 1.29 is 0 Å². The Bertz CT molecular complexity index is 2100. The first-order chi connectivity index (χ1) is 24.3. The van der Waals surface area contributed by atoms with Gasteiger partial charge in [-0.2, -0.15) is 0 Å². The fraction of sp³-hybridized carbons (Fsp3) is 0.149. The highest BCUT2D eigenvalue weighted by Gasteiger charge is 2.25. The molecule has 1 heterocycles. The summed E-state index contributed by atoms with van der Waals surface area (Å²) in [5, 5.41) is 0. The Labute approximate surface area is 297 Å². The highest BCUT2D eigenvalue weighted by atomic mass is 15.2. The van der Waals surface area contributed by atoms with Gasteiger partial charge < -0.3 is 0 Å². The monoisotopic (exact) mass is 649 g/mol. The number of hydrogen-bond acceptors (Lipinski definition) is 3. The summed E-state index contributed by atoms with van der Waals surface area (Å²) in [6.45, 7) is 13.4. The van der Waals surface area contributed by atoms with Crippen LogP contribution in [0.5, 0.6) is 0 Å². The molecule has 0 saturated heterocycles. The number of aryl methyl sites for hydroxylation is 6. The summed E-state index contributed by atoms with van der Waals surface area (Å²) in [5.41, 5.74) is 18.6. The summed E-state index contributed by atoms with van der Waals surface area (Å²) in [7, 11) is 0. The van der Waals surface area contributed by atoms with Gasteiger partial charge in [-0.05, 0) is 139 Å². The third-order valence-corrected chi connectivity index (χ3v) is 9.72. The molecule has 0 N–H and O–H groups in total. The molecule has 3 nitrogen and oxygen atoms in total. The van der Waals surface area contributed by atoms with Crippen LogP contribution < -0.4 is 4.90 Å². The van der Waals surface area contributed by atoms with E-state index in [0.717, 1.165) is 28.3 Å². The fourth-order valence-electron chi connectivity index (χ4n) is 7.75. The van der Waals surface area contributed by atoms with E-state index in [1.807, 2.05) is 12.3 Å². The van der Waals surface area contributed by atoms with E-state index < -0.39 is 0 Å². The Morgan fingerprint density at radius 3 is 1.38 bits per heavy atom. The first-order valence-corrected chi connectivity index (χ1v) is 17.3. The van der Waals surface area contributed by atoms with E-state index in [1.165, 1.54) is 61.2 Å². The molecule has 0 saturated carbocycles. The van der Waals surface area contributed by atoms with Crippen molar-refractivity contribution in [1.29, 1.82) is 0 Å². The number of nitrogens with zero attached hydrogens (tertiary/aromatic N) is 3. The van der Waals surface area contributed by atoms with E-state index in [9.17, 15) is 0 Å². The fourth-order valence-corrected chi connectivity index (χ4v) is 7.75. The van der Waals surface area contributed by atoms with Crippen LogP contribution in [0.3, 0.4) is 0 Å². The lowest BCUT2D eigenvalue weighted by atomic mass is 9.77. The first kappa shape index (κ1) is 32.7. The van der Waals surface area contributed by atoms with Crippen LogP contribution in [0.15, 0.2) is 146 Å². The summed E-state index contributed by atoms with van der Waals surface area (Å²) in [6, 6.07) is 48.4. The molecule has 3 heteroatoms. The van der Waals surface area contributed by atoms with E-state index in [-0.39, 0.29) is 5.92 Å². The second-order valence-electron chi connectivity index (χ2n) is 13.6. The molecule has 0 aliphatic carbocycles. The molecule has 0 aliphatic rings. The van der Waals surface area contributed by atoms with Crippen molar-refractivity contribution >= 4 is 17.2 Å². The molecule has 1 aromatic heterocycles. The van der Waals surface area contributed by atoms with Crippen molar-refractivity contribution in [1.82, 2.24) is 9.97 Å². The maximum Gasteiger partial charge on any atom is 0.140 e. The van der Waals surface area contributed by atoms with Gasteiger partial charge in [-0.1, -0.05) is 108 Å². The Kier molecular flexibility index (Phi) is 9.15. The largest absolute Gasteiger partial charge is 0.295 e. The Hall–Kier alpha value is -5.80. The Morgan fingerprint density at radius 1 is 0.460 bits per heavy atom. The standard InChI is InChI=1S/C47H43N3/c1-31-23-33(3)45(34(4)24-31)47(46-35(5)25-32(2)26-36(46)6)39-17-19-42(20-18-39)50(44-21-22-48-30-49-44)43-28-40(37-13-9-7-10-14-37)27-41(29-43)38-15-11-8-12-16-38/h7-30,47H,1-6H3. The molecule has 246 valence electrons. The summed E-state index contributed by atoms with van der Waals surface area (Å²) in [6.07, 6.45) is 3.43. The number of aromatic nitrogens is 2. The van der Waals surface area contributed by atoms with Crippen LogP contribution in [0.2, 0.25) is 0 Å². The molecular weight excluding hydrogens is 607 g/mol. The lowest BCUT2D eigenvalue weighted by molar-refractivity contribution is 0.919. The van der Waals surface area contributed by atoms with Gasteiger partial charge in [-0.15, -0.1) is 0 Å². The van der Waals surface area contributed by atoms with E-state index >= 15 is 0 Å². The van der Waals surface area contributed by atoms with Gasteiger partial charge in [0.2, 0.25) is 0 Å². The number of anilines is 3. The van der Waals surface area contributed by atoms with Crippen LogP contribution >= 0.6 is 0 Å². The normalized spacial score (nSPS) is 11.2. The molecule has 0 unspecified atom stereocenters. The minimum Gasteiger partial charge on any atom is -0.295 e. The smallest absolute Gasteiger partial charge is 0.140 e. The van der Waals surface area contributed by atoms with Gasteiger partial charge in [0.25, 0.3) is 0 Å². The molecule has 0 aliphatic heterocycles. The number of benzene rings is 6. The zero-order valence-electron chi connectivity index (χ0n) is 29.8. The first-order valence-electron chi connectivity index (χ1n) is 17.3. The molecule has 0 bridgehead atoms. The molecule has 6 aromatic carbocycles. The van der Waals surface area contributed by atoms with Crippen molar-refractivity contribution in [3.8, 4) is 22.3 Å². The molecule has 0 radical (unpaired) electrons. The highest BCUT2D eigenvalue weighted by molar-refractivity contribution is 5.84. The molecule has 0 fully saturated rings. The van der Waals surface area contributed by atoms with Crippen molar-refractivity contribution in [2.24, 2.45) is 0 Å². The van der Waals surface area contributed by atoms with Crippen LogP contribution in [0.1, 0.15) is 56.0 Å². The summed E-state index contributed by atoms with van der Waals surface area (Å²) >= 11 is 0. The van der Waals surface area contributed by atoms with Crippen LogP contribution in [-0.2, 0) is 0 Å². The molecule has 0 amide bonds. The lowest BCUT2D eigenvalue weighted by Crippen LogP contribution is -2.14. The van der Waals surface area contributed by atoms with Gasteiger partial charge in [-0.25, -0.2) is 9.97 Å². The second-order valence-corrected chi connectivity index (χ2v) is 13.6. The predicted molar refractivity (Wildman–Crippen MR) is 210 cm³/mol. The Morgan fingerprint density at radius 2 is 0.940 bits per heavy atom. The average Bonchev–Trinajstić information content (AvgIpc) is 3.12. The molecule has 0 spiro atoms. The van der Waals surface area contributed by atoms with Gasteiger partial charge in [0.1, 0.15) is 12.1 Å². The van der Waals surface area contributed by atoms with Crippen molar-refractivity contribution in [3.05, 3.63) is 196 Å². The molecule has 7 aromatic rings. The van der Waals surface area contributed by atoms with Gasteiger partial charge in [-0.3, -0.25) is 4.90 Å². The van der Waals surface area contributed by atoms with Crippen LogP contribution in [0.4, 0.5) is 17.2 Å². The van der Waals surface area contributed by atoms with Crippen LogP contribution in [-0.4, -0.2) is 9.97 Å². The van der Waals surface area contributed by atoms with Crippen molar-refractivity contribution in [2.45, 2.75) is 47.5 Å². The number of rotatable bonds is 8. The SMILES string of the molecule is Cc1cc(C)c(C(c2ccc(N(c3cc(-c4ccccc4)cc(-c4ccccc4)c3)c3ccncn3)cc2)c2c(C)cc(C)cc2C)c(C)c1. The lowest BCUT2D eigenvalue weighted by Gasteiger charge is -2.29. The third-order valence-electron chi connectivity index (χ3n) is 9.72.